The van der Waals surface area contributed by atoms with Gasteiger partial charge >= 0.3 is 0 Å². The van der Waals surface area contributed by atoms with E-state index in [9.17, 15) is 0 Å². The largest absolute Gasteiger partial charge is 0.352 e. The highest BCUT2D eigenvalue weighted by Gasteiger charge is 2.11. The Morgan fingerprint density at radius 1 is 1.27 bits per heavy atom. The smallest absolute Gasteiger partial charge is 0.191 e. The summed E-state index contributed by atoms with van der Waals surface area (Å²) in [5.41, 5.74) is 1.07. The van der Waals surface area contributed by atoms with Crippen LogP contribution in [-0.2, 0) is 6.54 Å². The van der Waals surface area contributed by atoms with E-state index in [4.69, 9.17) is 0 Å². The number of aromatic nitrogens is 3. The summed E-state index contributed by atoms with van der Waals surface area (Å²) in [6.45, 7) is 8.93. The van der Waals surface area contributed by atoms with E-state index in [-0.39, 0.29) is 5.54 Å². The number of rotatable bonds is 3. The van der Waals surface area contributed by atoms with Gasteiger partial charge in [-0.25, -0.2) is 9.97 Å². The zero-order valence-corrected chi connectivity index (χ0v) is 13.9. The lowest BCUT2D eigenvalue weighted by Crippen LogP contribution is -2.47. The summed E-state index contributed by atoms with van der Waals surface area (Å²) in [6, 6.07) is 4.05. The second kappa shape index (κ2) is 6.60. The molecule has 0 amide bonds. The minimum atomic E-state index is -0.0249. The molecule has 0 atom stereocenters. The van der Waals surface area contributed by atoms with Gasteiger partial charge in [0.1, 0.15) is 11.6 Å². The van der Waals surface area contributed by atoms with Gasteiger partial charge in [0.2, 0.25) is 0 Å². The fourth-order valence-corrected chi connectivity index (χ4v) is 2.00. The van der Waals surface area contributed by atoms with Crippen LogP contribution in [0.3, 0.4) is 0 Å². The van der Waals surface area contributed by atoms with Crippen LogP contribution in [0.25, 0.3) is 5.82 Å². The number of hydrogen-bond donors (Lipinski definition) is 2. The molecule has 22 heavy (non-hydrogen) atoms. The summed E-state index contributed by atoms with van der Waals surface area (Å²) in [5.74, 6) is 2.58. The van der Waals surface area contributed by atoms with Crippen molar-refractivity contribution in [2.24, 2.45) is 4.99 Å². The van der Waals surface area contributed by atoms with Crippen molar-refractivity contribution >= 4 is 5.96 Å². The highest BCUT2D eigenvalue weighted by atomic mass is 15.2. The quantitative estimate of drug-likeness (QED) is 0.672. The maximum atomic E-state index is 4.48. The van der Waals surface area contributed by atoms with Gasteiger partial charge < -0.3 is 10.6 Å². The van der Waals surface area contributed by atoms with E-state index in [1.165, 1.54) is 0 Å². The van der Waals surface area contributed by atoms with Crippen LogP contribution in [0.2, 0.25) is 0 Å². The molecule has 2 N–H and O–H groups in total. The molecule has 0 aliphatic rings. The minimum Gasteiger partial charge on any atom is -0.352 e. The Labute approximate surface area is 131 Å². The number of aliphatic imine (C=N–C) groups is 1. The van der Waals surface area contributed by atoms with Crippen LogP contribution in [0, 0.1) is 6.92 Å². The number of hydrogen-bond acceptors (Lipinski definition) is 3. The molecule has 0 radical (unpaired) electrons. The molecule has 118 valence electrons. The predicted octanol–water partition coefficient (Wildman–Crippen LogP) is 2.04. The van der Waals surface area contributed by atoms with Gasteiger partial charge in [0.05, 0.1) is 0 Å². The summed E-state index contributed by atoms with van der Waals surface area (Å²) >= 11 is 0. The molecular formula is C16H24N6. The molecule has 0 aromatic carbocycles. The maximum absolute atomic E-state index is 4.48. The lowest BCUT2D eigenvalue weighted by molar-refractivity contribution is 0.501. The standard InChI is InChI=1S/C16H24N6/c1-12-18-8-9-22(12)14-7-6-13(10-19-14)11-20-15(17-5)21-16(2,3)4/h6-10H,11H2,1-5H3,(H2,17,20,21). The fourth-order valence-electron chi connectivity index (χ4n) is 2.00. The van der Waals surface area contributed by atoms with Crippen molar-refractivity contribution in [3.63, 3.8) is 0 Å². The molecule has 6 heteroatoms. The Hall–Kier alpha value is -2.37. The van der Waals surface area contributed by atoms with Crippen molar-refractivity contribution in [2.45, 2.75) is 39.8 Å². The zero-order valence-electron chi connectivity index (χ0n) is 13.9. The molecule has 2 rings (SSSR count). The van der Waals surface area contributed by atoms with Crippen molar-refractivity contribution < 1.29 is 0 Å². The van der Waals surface area contributed by atoms with E-state index < -0.39 is 0 Å². The van der Waals surface area contributed by atoms with Crippen molar-refractivity contribution in [3.8, 4) is 5.82 Å². The molecule has 2 heterocycles. The molecule has 0 saturated carbocycles. The number of pyridine rings is 1. The molecule has 2 aromatic heterocycles. The predicted molar refractivity (Wildman–Crippen MR) is 89.2 cm³/mol. The molecule has 0 fully saturated rings. The van der Waals surface area contributed by atoms with Gasteiger partial charge in [-0.2, -0.15) is 0 Å². The Morgan fingerprint density at radius 3 is 2.55 bits per heavy atom. The SMILES string of the molecule is CN=C(NCc1ccc(-n2ccnc2C)nc1)NC(C)(C)C. The second-order valence-corrected chi connectivity index (χ2v) is 6.17. The van der Waals surface area contributed by atoms with Gasteiger partial charge in [-0.1, -0.05) is 6.07 Å². The third-order valence-electron chi connectivity index (χ3n) is 3.06. The lowest BCUT2D eigenvalue weighted by Gasteiger charge is -2.23. The molecule has 0 unspecified atom stereocenters. The Bertz CT molecular complexity index is 633. The van der Waals surface area contributed by atoms with E-state index in [0.717, 1.165) is 23.2 Å². The Balaban J connectivity index is 1.99. The van der Waals surface area contributed by atoms with Crippen molar-refractivity contribution in [1.29, 1.82) is 0 Å². The molecule has 0 aliphatic carbocycles. The van der Waals surface area contributed by atoms with Gasteiger partial charge in [-0.15, -0.1) is 0 Å². The average molecular weight is 300 g/mol. The summed E-state index contributed by atoms with van der Waals surface area (Å²) in [4.78, 5) is 12.9. The lowest BCUT2D eigenvalue weighted by atomic mass is 10.1. The fraction of sp³-hybridized carbons (Fsp3) is 0.438. The monoisotopic (exact) mass is 300 g/mol. The van der Waals surface area contributed by atoms with Crippen LogP contribution < -0.4 is 10.6 Å². The van der Waals surface area contributed by atoms with Crippen LogP contribution in [0.5, 0.6) is 0 Å². The number of imidazole rings is 1. The Kier molecular flexibility index (Phi) is 4.80. The topological polar surface area (TPSA) is 67.1 Å². The summed E-state index contributed by atoms with van der Waals surface area (Å²) in [7, 11) is 1.77. The van der Waals surface area contributed by atoms with E-state index in [1.54, 1.807) is 13.2 Å². The average Bonchev–Trinajstić information content (AvgIpc) is 2.89. The van der Waals surface area contributed by atoms with Crippen LogP contribution in [0.15, 0.2) is 35.7 Å². The third kappa shape index (κ3) is 4.31. The number of nitrogens with one attached hydrogen (secondary N) is 2. The number of aryl methyl sites for hydroxylation is 1. The molecule has 6 nitrogen and oxygen atoms in total. The third-order valence-corrected chi connectivity index (χ3v) is 3.06. The summed E-state index contributed by atoms with van der Waals surface area (Å²) in [5, 5.41) is 6.61. The molecule has 0 spiro atoms. The minimum absolute atomic E-state index is 0.0249. The second-order valence-electron chi connectivity index (χ2n) is 6.17. The Morgan fingerprint density at radius 2 is 2.05 bits per heavy atom. The number of guanidine groups is 1. The first kappa shape index (κ1) is 16.0. The molecule has 2 aromatic rings. The zero-order chi connectivity index (χ0) is 16.2. The summed E-state index contributed by atoms with van der Waals surface area (Å²) in [6.07, 6.45) is 5.55. The first-order valence-corrected chi connectivity index (χ1v) is 7.33. The van der Waals surface area contributed by atoms with Crippen molar-refractivity contribution in [1.82, 2.24) is 25.2 Å². The normalized spacial score (nSPS) is 12.3. The van der Waals surface area contributed by atoms with E-state index in [0.29, 0.717) is 6.54 Å². The number of nitrogens with zero attached hydrogens (tertiary/aromatic N) is 4. The first-order valence-electron chi connectivity index (χ1n) is 7.33. The van der Waals surface area contributed by atoms with Gasteiger partial charge in [-0.3, -0.25) is 9.56 Å². The highest BCUT2D eigenvalue weighted by molar-refractivity contribution is 5.80. The van der Waals surface area contributed by atoms with E-state index in [2.05, 4.69) is 52.4 Å². The van der Waals surface area contributed by atoms with E-state index in [1.807, 2.05) is 30.0 Å². The van der Waals surface area contributed by atoms with Crippen LogP contribution in [0.1, 0.15) is 32.2 Å². The molecule has 0 aliphatic heterocycles. The van der Waals surface area contributed by atoms with Crippen LogP contribution in [0.4, 0.5) is 0 Å². The first-order chi connectivity index (χ1) is 10.4. The van der Waals surface area contributed by atoms with Gasteiger partial charge in [0.15, 0.2) is 5.96 Å². The maximum Gasteiger partial charge on any atom is 0.191 e. The molecular weight excluding hydrogens is 276 g/mol. The van der Waals surface area contributed by atoms with Crippen molar-refractivity contribution in [3.05, 3.63) is 42.1 Å². The molecule has 0 saturated heterocycles. The van der Waals surface area contributed by atoms with Gasteiger partial charge in [-0.05, 0) is 39.3 Å². The van der Waals surface area contributed by atoms with E-state index >= 15 is 0 Å². The van der Waals surface area contributed by atoms with Crippen LogP contribution >= 0.6 is 0 Å². The van der Waals surface area contributed by atoms with Crippen LogP contribution in [-0.4, -0.2) is 33.1 Å². The van der Waals surface area contributed by atoms with Gasteiger partial charge in [0.25, 0.3) is 0 Å². The van der Waals surface area contributed by atoms with Crippen molar-refractivity contribution in [2.75, 3.05) is 7.05 Å². The highest BCUT2D eigenvalue weighted by Crippen LogP contribution is 2.08. The van der Waals surface area contributed by atoms with Gasteiger partial charge in [0, 0.05) is 37.7 Å². The molecule has 0 bridgehead atoms. The summed E-state index contributed by atoms with van der Waals surface area (Å²) < 4.78 is 1.96.